The third kappa shape index (κ3) is 5.59. The van der Waals surface area contributed by atoms with E-state index in [4.69, 9.17) is 9.94 Å². The third-order valence-corrected chi connectivity index (χ3v) is 2.87. The molecule has 0 saturated heterocycles. The van der Waals surface area contributed by atoms with E-state index in [0.717, 1.165) is 25.1 Å². The van der Waals surface area contributed by atoms with E-state index >= 15 is 0 Å². The number of hydrogen-bond donors (Lipinski definition) is 1. The summed E-state index contributed by atoms with van der Waals surface area (Å²) in [5.74, 6) is 0.767. The fourth-order valence-electron chi connectivity index (χ4n) is 1.81. The van der Waals surface area contributed by atoms with Crippen molar-refractivity contribution >= 4 is 6.21 Å². The molecule has 0 fully saturated rings. The van der Waals surface area contributed by atoms with E-state index < -0.39 is 0 Å². The summed E-state index contributed by atoms with van der Waals surface area (Å²) in [6, 6.07) is 0. The Bertz CT molecular complexity index is 444. The molecule has 6 heteroatoms. The highest BCUT2D eigenvalue weighted by Gasteiger charge is 2.14. The van der Waals surface area contributed by atoms with Gasteiger partial charge in [0.05, 0.1) is 13.2 Å². The maximum Gasteiger partial charge on any atom is 0.305 e. The fraction of sp³-hybridized carbons (Fsp3) is 0.429. The molecule has 1 rings (SSSR count). The lowest BCUT2D eigenvalue weighted by Crippen LogP contribution is -3.00. The van der Waals surface area contributed by atoms with Crippen molar-refractivity contribution in [1.82, 2.24) is 4.57 Å². The van der Waals surface area contributed by atoms with Gasteiger partial charge in [-0.15, -0.1) is 13.2 Å². The SMILES string of the molecule is C=CCCC(CC=C)OCn1cc[n+](C)c1/C=N\O.[Cl-]. The zero-order chi connectivity index (χ0) is 14.1. The van der Waals surface area contributed by atoms with Crippen molar-refractivity contribution in [2.45, 2.75) is 32.1 Å². The predicted octanol–water partition coefficient (Wildman–Crippen LogP) is -0.990. The van der Waals surface area contributed by atoms with Crippen LogP contribution in [0.2, 0.25) is 0 Å². The Hall–Kier alpha value is -1.59. The van der Waals surface area contributed by atoms with Gasteiger partial charge in [-0.05, 0) is 19.3 Å². The summed E-state index contributed by atoms with van der Waals surface area (Å²) < 4.78 is 9.59. The van der Waals surface area contributed by atoms with Gasteiger partial charge in [0.25, 0.3) is 0 Å². The highest BCUT2D eigenvalue weighted by molar-refractivity contribution is 5.72. The monoisotopic (exact) mass is 299 g/mol. The van der Waals surface area contributed by atoms with Gasteiger partial charge in [0.1, 0.15) is 12.4 Å². The largest absolute Gasteiger partial charge is 1.00 e. The highest BCUT2D eigenvalue weighted by atomic mass is 35.5. The third-order valence-electron chi connectivity index (χ3n) is 2.87. The van der Waals surface area contributed by atoms with Crippen LogP contribution in [-0.4, -0.2) is 22.1 Å². The summed E-state index contributed by atoms with van der Waals surface area (Å²) in [5.41, 5.74) is 0. The van der Waals surface area contributed by atoms with Crippen molar-refractivity contribution < 1.29 is 26.9 Å². The summed E-state index contributed by atoms with van der Waals surface area (Å²) in [4.78, 5) is 0. The molecular weight excluding hydrogens is 278 g/mol. The van der Waals surface area contributed by atoms with Crippen molar-refractivity contribution in [3.8, 4) is 0 Å². The predicted molar refractivity (Wildman–Crippen MR) is 74.1 cm³/mol. The van der Waals surface area contributed by atoms with E-state index in [1.165, 1.54) is 6.21 Å². The second-order valence-corrected chi connectivity index (χ2v) is 4.29. The van der Waals surface area contributed by atoms with E-state index in [2.05, 4.69) is 18.3 Å². The molecule has 1 unspecified atom stereocenters. The van der Waals surface area contributed by atoms with Crippen LogP contribution in [0.5, 0.6) is 0 Å². The molecular formula is C14H22ClN3O2. The van der Waals surface area contributed by atoms with Crippen molar-refractivity contribution in [2.24, 2.45) is 12.2 Å². The van der Waals surface area contributed by atoms with E-state index in [1.54, 1.807) is 0 Å². The zero-order valence-corrected chi connectivity index (χ0v) is 12.5. The van der Waals surface area contributed by atoms with Crippen LogP contribution in [0.4, 0.5) is 0 Å². The molecule has 0 aromatic carbocycles. The highest BCUT2D eigenvalue weighted by Crippen LogP contribution is 2.09. The van der Waals surface area contributed by atoms with E-state index in [1.807, 2.05) is 40.7 Å². The number of halogens is 1. The first-order chi connectivity index (χ1) is 9.22. The number of imidazole rings is 1. The van der Waals surface area contributed by atoms with Gasteiger partial charge in [-0.2, -0.15) is 0 Å². The van der Waals surface area contributed by atoms with Crippen molar-refractivity contribution in [3.63, 3.8) is 0 Å². The number of aromatic nitrogens is 2. The first-order valence-electron chi connectivity index (χ1n) is 6.28. The topological polar surface area (TPSA) is 50.6 Å². The quantitative estimate of drug-likeness (QED) is 0.209. The molecule has 1 N–H and O–H groups in total. The molecule has 0 aliphatic rings. The number of allylic oxidation sites excluding steroid dienone is 1. The normalized spacial score (nSPS) is 12.1. The summed E-state index contributed by atoms with van der Waals surface area (Å²) in [6.45, 7) is 7.88. The standard InChI is InChI=1S/C14H21N3O2.ClH/c1-4-6-8-13(7-5-2)19-12-17-10-9-16(3)14(17)11-15-18;/h4-5,9-11,13H,1-2,6-8,12H2,3H3;1H. The van der Waals surface area contributed by atoms with E-state index in [0.29, 0.717) is 6.73 Å². The van der Waals surface area contributed by atoms with Gasteiger partial charge in [-0.1, -0.05) is 17.3 Å². The molecule has 5 nitrogen and oxygen atoms in total. The molecule has 20 heavy (non-hydrogen) atoms. The Morgan fingerprint density at radius 1 is 1.50 bits per heavy atom. The van der Waals surface area contributed by atoms with Crippen molar-refractivity contribution in [1.29, 1.82) is 0 Å². The minimum Gasteiger partial charge on any atom is -1.00 e. The Morgan fingerprint density at radius 2 is 2.25 bits per heavy atom. The lowest BCUT2D eigenvalue weighted by Gasteiger charge is -2.14. The van der Waals surface area contributed by atoms with Gasteiger partial charge in [0.15, 0.2) is 12.9 Å². The van der Waals surface area contributed by atoms with Gasteiger partial charge in [-0.25, -0.2) is 9.13 Å². The molecule has 112 valence electrons. The molecule has 0 aliphatic heterocycles. The summed E-state index contributed by atoms with van der Waals surface area (Å²) >= 11 is 0. The molecule has 0 aliphatic carbocycles. The number of oxime groups is 1. The number of aryl methyl sites for hydroxylation is 1. The second kappa shape index (κ2) is 10.2. The molecule has 0 amide bonds. The van der Waals surface area contributed by atoms with Gasteiger partial charge in [0, 0.05) is 0 Å². The molecule has 1 heterocycles. The molecule has 0 radical (unpaired) electrons. The lowest BCUT2D eigenvalue weighted by atomic mass is 10.1. The molecule has 0 spiro atoms. The maximum absolute atomic E-state index is 8.64. The summed E-state index contributed by atoms with van der Waals surface area (Å²) in [5, 5.41) is 11.7. The fourth-order valence-corrected chi connectivity index (χ4v) is 1.81. The Labute approximate surface area is 126 Å². The first kappa shape index (κ1) is 18.4. The summed E-state index contributed by atoms with van der Waals surface area (Å²) in [7, 11) is 1.88. The Morgan fingerprint density at radius 3 is 2.85 bits per heavy atom. The Balaban J connectivity index is 0.00000361. The van der Waals surface area contributed by atoms with Gasteiger partial charge < -0.3 is 22.4 Å². The Kier molecular flexibility index (Phi) is 9.41. The van der Waals surface area contributed by atoms with Crippen LogP contribution in [0.1, 0.15) is 25.1 Å². The zero-order valence-electron chi connectivity index (χ0n) is 11.8. The minimum atomic E-state index is 0. The molecule has 0 bridgehead atoms. The lowest BCUT2D eigenvalue weighted by molar-refractivity contribution is -0.672. The maximum atomic E-state index is 8.64. The molecule has 1 aromatic rings. The van der Waals surface area contributed by atoms with Crippen LogP contribution < -0.4 is 17.0 Å². The van der Waals surface area contributed by atoms with Crippen molar-refractivity contribution in [2.75, 3.05) is 0 Å². The minimum absolute atomic E-state index is 0. The summed E-state index contributed by atoms with van der Waals surface area (Å²) in [6.07, 6.45) is 11.7. The number of ether oxygens (including phenoxy) is 1. The smallest absolute Gasteiger partial charge is 0.305 e. The van der Waals surface area contributed by atoms with Crippen LogP contribution in [0.3, 0.4) is 0 Å². The van der Waals surface area contributed by atoms with Crippen LogP contribution >= 0.6 is 0 Å². The van der Waals surface area contributed by atoms with Crippen LogP contribution in [0.25, 0.3) is 0 Å². The molecule has 0 saturated carbocycles. The number of nitrogens with zero attached hydrogens (tertiary/aromatic N) is 3. The van der Waals surface area contributed by atoms with Crippen LogP contribution in [0.15, 0.2) is 42.9 Å². The second-order valence-electron chi connectivity index (χ2n) is 4.29. The first-order valence-corrected chi connectivity index (χ1v) is 6.28. The van der Waals surface area contributed by atoms with E-state index in [9.17, 15) is 0 Å². The molecule has 1 aromatic heterocycles. The number of rotatable bonds is 9. The average Bonchev–Trinajstić information content (AvgIpc) is 2.75. The van der Waals surface area contributed by atoms with Gasteiger partial charge in [0.2, 0.25) is 0 Å². The van der Waals surface area contributed by atoms with Gasteiger partial charge >= 0.3 is 5.82 Å². The van der Waals surface area contributed by atoms with Crippen molar-refractivity contribution in [3.05, 3.63) is 43.5 Å². The average molecular weight is 300 g/mol. The van der Waals surface area contributed by atoms with E-state index in [-0.39, 0.29) is 18.5 Å². The van der Waals surface area contributed by atoms with Crippen LogP contribution in [-0.2, 0) is 18.5 Å². The van der Waals surface area contributed by atoms with Crippen LogP contribution in [0, 0.1) is 0 Å². The van der Waals surface area contributed by atoms with Gasteiger partial charge in [-0.3, -0.25) is 0 Å². The molecule has 1 atom stereocenters. The number of hydrogen-bond acceptors (Lipinski definition) is 3.